The van der Waals surface area contributed by atoms with Gasteiger partial charge >= 0.3 is 6.03 Å². The maximum atomic E-state index is 12.1. The van der Waals surface area contributed by atoms with Gasteiger partial charge in [-0.15, -0.1) is 0 Å². The summed E-state index contributed by atoms with van der Waals surface area (Å²) in [5.41, 5.74) is 1.16. The Hall–Kier alpha value is -1.55. The van der Waals surface area contributed by atoms with Crippen molar-refractivity contribution < 1.29 is 9.90 Å². The maximum absolute atomic E-state index is 12.1. The molecule has 1 saturated carbocycles. The van der Waals surface area contributed by atoms with Gasteiger partial charge in [-0.05, 0) is 17.9 Å². The summed E-state index contributed by atoms with van der Waals surface area (Å²) >= 11 is 0. The Balaban J connectivity index is 2.00. The van der Waals surface area contributed by atoms with Gasteiger partial charge in [-0.25, -0.2) is 4.79 Å². The fourth-order valence-corrected chi connectivity index (χ4v) is 2.54. The molecule has 0 bridgehead atoms. The monoisotopic (exact) mass is 276 g/mol. The van der Waals surface area contributed by atoms with E-state index in [-0.39, 0.29) is 18.7 Å². The number of hydrogen-bond acceptors (Lipinski definition) is 2. The number of hydrogen-bond donors (Lipinski definition) is 2. The van der Waals surface area contributed by atoms with Gasteiger partial charge in [-0.2, -0.15) is 0 Å². The van der Waals surface area contributed by atoms with Crippen LogP contribution >= 0.6 is 0 Å². The molecule has 0 aromatic heterocycles. The lowest BCUT2D eigenvalue weighted by molar-refractivity contribution is 0.182. The van der Waals surface area contributed by atoms with E-state index in [1.54, 1.807) is 7.05 Å². The van der Waals surface area contributed by atoms with Crippen LogP contribution in [0.2, 0.25) is 0 Å². The van der Waals surface area contributed by atoms with Gasteiger partial charge in [-0.1, -0.05) is 49.6 Å². The molecule has 1 aromatic carbocycles. The number of carbonyl (C=O) groups is 1. The number of aliphatic hydroxyl groups is 1. The van der Waals surface area contributed by atoms with E-state index >= 15 is 0 Å². The van der Waals surface area contributed by atoms with Crippen molar-refractivity contribution in [3.05, 3.63) is 35.9 Å². The molecule has 0 saturated heterocycles. The van der Waals surface area contributed by atoms with E-state index in [0.717, 1.165) is 17.9 Å². The number of nitrogens with zero attached hydrogens (tertiary/aromatic N) is 1. The first-order valence-corrected chi connectivity index (χ1v) is 7.38. The summed E-state index contributed by atoms with van der Waals surface area (Å²) in [5, 5.41) is 12.0. The molecule has 0 unspecified atom stereocenters. The van der Waals surface area contributed by atoms with E-state index in [1.165, 1.54) is 24.2 Å². The number of rotatable bonds is 6. The highest BCUT2D eigenvalue weighted by Gasteiger charge is 2.24. The average molecular weight is 276 g/mol. The van der Waals surface area contributed by atoms with Gasteiger partial charge in [0.2, 0.25) is 0 Å². The van der Waals surface area contributed by atoms with E-state index in [0.29, 0.717) is 6.54 Å². The normalized spacial score (nSPS) is 16.3. The van der Waals surface area contributed by atoms with Gasteiger partial charge in [0.1, 0.15) is 0 Å². The smallest absolute Gasteiger partial charge is 0.317 e. The highest BCUT2D eigenvalue weighted by Crippen LogP contribution is 2.34. The summed E-state index contributed by atoms with van der Waals surface area (Å²) in [6.45, 7) is 0.347. The second kappa shape index (κ2) is 7.29. The third-order valence-corrected chi connectivity index (χ3v) is 4.08. The number of amides is 2. The second-order valence-electron chi connectivity index (χ2n) is 5.59. The zero-order chi connectivity index (χ0) is 14.4. The molecule has 110 valence electrons. The Morgan fingerprint density at radius 3 is 2.65 bits per heavy atom. The van der Waals surface area contributed by atoms with Crippen molar-refractivity contribution in [3.63, 3.8) is 0 Å². The lowest BCUT2D eigenvalue weighted by Gasteiger charge is -2.31. The molecular weight excluding hydrogens is 252 g/mol. The molecule has 1 aliphatic rings. The molecule has 1 aromatic rings. The molecule has 1 aliphatic carbocycles. The molecule has 1 fully saturated rings. The van der Waals surface area contributed by atoms with Crippen molar-refractivity contribution in [2.24, 2.45) is 5.92 Å². The molecule has 1 atom stereocenters. The maximum Gasteiger partial charge on any atom is 0.317 e. The van der Waals surface area contributed by atoms with Gasteiger partial charge < -0.3 is 15.3 Å². The molecule has 0 aliphatic heterocycles. The molecule has 0 heterocycles. The van der Waals surface area contributed by atoms with Crippen molar-refractivity contribution in [1.29, 1.82) is 0 Å². The standard InChI is InChI=1S/C16H24N2O2/c1-18(10-11-19)16(20)17-15(12-13-6-5-7-13)14-8-3-2-4-9-14/h2-4,8-9,13,15,19H,5-7,10-12H2,1H3,(H,17,20)/t15-/m0/s1. The van der Waals surface area contributed by atoms with Crippen molar-refractivity contribution in [2.75, 3.05) is 20.2 Å². The molecule has 4 nitrogen and oxygen atoms in total. The molecular formula is C16H24N2O2. The first-order valence-electron chi connectivity index (χ1n) is 7.38. The Morgan fingerprint density at radius 2 is 2.10 bits per heavy atom. The minimum absolute atomic E-state index is 0.0114. The van der Waals surface area contributed by atoms with Crippen LogP contribution in [-0.4, -0.2) is 36.2 Å². The van der Waals surface area contributed by atoms with Crippen LogP contribution in [0.3, 0.4) is 0 Å². The zero-order valence-electron chi connectivity index (χ0n) is 12.1. The van der Waals surface area contributed by atoms with Gasteiger partial charge in [-0.3, -0.25) is 0 Å². The van der Waals surface area contributed by atoms with Crippen molar-refractivity contribution in [2.45, 2.75) is 31.7 Å². The fraction of sp³-hybridized carbons (Fsp3) is 0.562. The van der Waals surface area contributed by atoms with Crippen LogP contribution in [0.4, 0.5) is 4.79 Å². The number of aliphatic hydroxyl groups excluding tert-OH is 1. The van der Waals surface area contributed by atoms with Gasteiger partial charge in [0.15, 0.2) is 0 Å². The van der Waals surface area contributed by atoms with Gasteiger partial charge in [0.05, 0.1) is 12.6 Å². The Bertz CT molecular complexity index is 418. The Kier molecular flexibility index (Phi) is 5.41. The molecule has 0 spiro atoms. The molecule has 2 N–H and O–H groups in total. The molecule has 2 rings (SSSR count). The predicted molar refractivity (Wildman–Crippen MR) is 79.4 cm³/mol. The first-order chi connectivity index (χ1) is 9.70. The molecule has 20 heavy (non-hydrogen) atoms. The Morgan fingerprint density at radius 1 is 1.40 bits per heavy atom. The van der Waals surface area contributed by atoms with Crippen LogP contribution in [-0.2, 0) is 0 Å². The zero-order valence-corrected chi connectivity index (χ0v) is 12.1. The number of likely N-dealkylation sites (N-methyl/N-ethyl adjacent to an activating group) is 1. The fourth-order valence-electron chi connectivity index (χ4n) is 2.54. The van der Waals surface area contributed by atoms with Crippen LogP contribution in [0, 0.1) is 5.92 Å². The van der Waals surface area contributed by atoms with Crippen LogP contribution in [0.25, 0.3) is 0 Å². The number of urea groups is 1. The highest BCUT2D eigenvalue weighted by atomic mass is 16.3. The summed E-state index contributed by atoms with van der Waals surface area (Å²) in [5.74, 6) is 0.726. The van der Waals surface area contributed by atoms with Crippen molar-refractivity contribution in [1.82, 2.24) is 10.2 Å². The molecule has 2 amide bonds. The largest absolute Gasteiger partial charge is 0.395 e. The van der Waals surface area contributed by atoms with E-state index < -0.39 is 0 Å². The van der Waals surface area contributed by atoms with Crippen LogP contribution in [0.1, 0.15) is 37.3 Å². The van der Waals surface area contributed by atoms with Crippen LogP contribution < -0.4 is 5.32 Å². The summed E-state index contributed by atoms with van der Waals surface area (Å²) < 4.78 is 0. The van der Waals surface area contributed by atoms with E-state index in [2.05, 4.69) is 17.4 Å². The molecule has 4 heteroatoms. The third kappa shape index (κ3) is 3.97. The van der Waals surface area contributed by atoms with E-state index in [1.807, 2.05) is 18.2 Å². The summed E-state index contributed by atoms with van der Waals surface area (Å²) in [6.07, 6.45) is 4.85. The SMILES string of the molecule is CN(CCO)C(=O)N[C@@H](CC1CCC1)c1ccccc1. The minimum atomic E-state index is -0.118. The minimum Gasteiger partial charge on any atom is -0.395 e. The lowest BCUT2D eigenvalue weighted by atomic mass is 9.79. The predicted octanol–water partition coefficient (Wildman–Crippen LogP) is 2.55. The summed E-state index contributed by atoms with van der Waals surface area (Å²) in [6, 6.07) is 10.1. The number of benzene rings is 1. The second-order valence-corrected chi connectivity index (χ2v) is 5.59. The highest BCUT2D eigenvalue weighted by molar-refractivity contribution is 5.74. The van der Waals surface area contributed by atoms with Crippen LogP contribution in [0.15, 0.2) is 30.3 Å². The number of nitrogens with one attached hydrogen (secondary N) is 1. The quantitative estimate of drug-likeness (QED) is 0.839. The molecule has 0 radical (unpaired) electrons. The summed E-state index contributed by atoms with van der Waals surface area (Å²) in [4.78, 5) is 13.6. The first kappa shape index (κ1) is 14.9. The Labute approximate surface area is 120 Å². The lowest BCUT2D eigenvalue weighted by Crippen LogP contribution is -2.41. The van der Waals surface area contributed by atoms with Crippen LogP contribution in [0.5, 0.6) is 0 Å². The van der Waals surface area contributed by atoms with E-state index in [4.69, 9.17) is 5.11 Å². The topological polar surface area (TPSA) is 52.6 Å². The summed E-state index contributed by atoms with van der Waals surface area (Å²) in [7, 11) is 1.71. The van der Waals surface area contributed by atoms with E-state index in [9.17, 15) is 4.79 Å². The van der Waals surface area contributed by atoms with Crippen molar-refractivity contribution >= 4 is 6.03 Å². The third-order valence-electron chi connectivity index (χ3n) is 4.08. The number of carbonyl (C=O) groups excluding carboxylic acids is 1. The van der Waals surface area contributed by atoms with Gasteiger partial charge in [0.25, 0.3) is 0 Å². The average Bonchev–Trinajstić information content (AvgIpc) is 2.42. The van der Waals surface area contributed by atoms with Crippen molar-refractivity contribution in [3.8, 4) is 0 Å². The van der Waals surface area contributed by atoms with Gasteiger partial charge in [0, 0.05) is 13.6 Å².